The van der Waals surface area contributed by atoms with Gasteiger partial charge in [-0.3, -0.25) is 0 Å². The molecule has 0 radical (unpaired) electrons. The van der Waals surface area contributed by atoms with Crippen LogP contribution in [0.3, 0.4) is 0 Å². The van der Waals surface area contributed by atoms with Crippen LogP contribution >= 0.6 is 0 Å². The second kappa shape index (κ2) is 8.12. The van der Waals surface area contributed by atoms with E-state index < -0.39 is 0 Å². The summed E-state index contributed by atoms with van der Waals surface area (Å²) in [5.41, 5.74) is 13.9. The predicted molar refractivity (Wildman–Crippen MR) is 46.7 cm³/mol. The quantitative estimate of drug-likeness (QED) is 0.571. The fourth-order valence-corrected chi connectivity index (χ4v) is 0. The summed E-state index contributed by atoms with van der Waals surface area (Å²) in [4.78, 5) is 0. The van der Waals surface area contributed by atoms with E-state index in [-0.39, 0.29) is 29.3 Å². The van der Waals surface area contributed by atoms with Gasteiger partial charge in [0, 0.05) is 0 Å². The zero-order valence-corrected chi connectivity index (χ0v) is 10.6. The summed E-state index contributed by atoms with van der Waals surface area (Å²) in [5, 5.41) is 0. The second-order valence-electron chi connectivity index (χ2n) is 2.68. The molecule has 8 heavy (non-hydrogen) atoms. The van der Waals surface area contributed by atoms with Crippen LogP contribution in [-0.4, -0.2) is 29.3 Å². The summed E-state index contributed by atoms with van der Waals surface area (Å²) in [6.07, 6.45) is 0. The first-order chi connectivity index (χ1) is 3.46. The van der Waals surface area contributed by atoms with Crippen LogP contribution in [0.1, 0.15) is 0 Å². The van der Waals surface area contributed by atoms with Gasteiger partial charge in [0.1, 0.15) is 0 Å². The molecule has 0 atom stereocenters. The third kappa shape index (κ3) is 213. The van der Waals surface area contributed by atoms with Crippen molar-refractivity contribution in [2.75, 3.05) is 0 Å². The van der Waals surface area contributed by atoms with Crippen molar-refractivity contribution >= 4 is 29.3 Å². The van der Waals surface area contributed by atoms with Crippen molar-refractivity contribution in [1.29, 1.82) is 0 Å². The molecular weight excluding hydrogens is 222 g/mol. The van der Waals surface area contributed by atoms with Gasteiger partial charge in [-0.15, -0.1) is 0 Å². The maximum atomic E-state index is 2.31. The molecule has 0 heterocycles. The molecule has 0 saturated carbocycles. The van der Waals surface area contributed by atoms with E-state index in [1.165, 1.54) is 0 Å². The minimum absolute atomic E-state index is 0.188. The normalized spacial score (nSPS) is 9.00. The van der Waals surface area contributed by atoms with E-state index in [2.05, 4.69) is 34.3 Å². The SMILES string of the molecule is C[As](C)C.C[As](C)C. The second-order valence-corrected chi connectivity index (χ2v) is 13.9. The van der Waals surface area contributed by atoms with Gasteiger partial charge in [0.2, 0.25) is 0 Å². The fraction of sp³-hybridized carbons (Fsp3) is 1.00. The molecule has 0 nitrogen and oxygen atoms in total. The van der Waals surface area contributed by atoms with Crippen LogP contribution < -0.4 is 0 Å². The first-order valence-corrected chi connectivity index (χ1v) is 13.9. The average molecular weight is 240 g/mol. The van der Waals surface area contributed by atoms with Crippen molar-refractivity contribution in [3.63, 3.8) is 0 Å². The molecular formula is C6H18As2. The molecule has 0 fully saturated rings. The van der Waals surface area contributed by atoms with Crippen LogP contribution in [0.25, 0.3) is 0 Å². The predicted octanol–water partition coefficient (Wildman–Crippen LogP) is 2.74. The minimum atomic E-state index is -0.188. The van der Waals surface area contributed by atoms with Gasteiger partial charge in [-0.2, -0.15) is 0 Å². The Morgan fingerprint density at radius 3 is 0.500 bits per heavy atom. The first-order valence-electron chi connectivity index (χ1n) is 2.68. The first kappa shape index (κ1) is 11.9. The Bertz CT molecular complexity index is 22.0. The Labute approximate surface area is 63.6 Å². The van der Waals surface area contributed by atoms with E-state index in [1.54, 1.807) is 0 Å². The molecule has 0 aliphatic rings. The molecule has 0 rings (SSSR count). The van der Waals surface area contributed by atoms with Gasteiger partial charge in [-0.25, -0.2) is 0 Å². The molecule has 0 amide bonds. The fourth-order valence-electron chi connectivity index (χ4n) is 0. The zero-order valence-electron chi connectivity index (χ0n) is 6.89. The van der Waals surface area contributed by atoms with Crippen molar-refractivity contribution in [3.05, 3.63) is 0 Å². The summed E-state index contributed by atoms with van der Waals surface area (Å²) < 4.78 is 0. The number of hydrogen-bond donors (Lipinski definition) is 0. The molecule has 0 bridgehead atoms. The third-order valence-electron chi connectivity index (χ3n) is 0. The van der Waals surface area contributed by atoms with Crippen molar-refractivity contribution in [2.45, 2.75) is 34.3 Å². The molecule has 0 spiro atoms. The van der Waals surface area contributed by atoms with Gasteiger partial charge in [0.05, 0.1) is 0 Å². The van der Waals surface area contributed by atoms with Crippen molar-refractivity contribution in [2.24, 2.45) is 0 Å². The van der Waals surface area contributed by atoms with Gasteiger partial charge in [-0.05, 0) is 0 Å². The Morgan fingerprint density at radius 2 is 0.500 bits per heavy atom. The zero-order chi connectivity index (χ0) is 7.15. The third-order valence-corrected chi connectivity index (χ3v) is 0. The maximum absolute atomic E-state index is 2.31. The molecule has 0 aliphatic carbocycles. The van der Waals surface area contributed by atoms with E-state index >= 15 is 0 Å². The molecule has 0 saturated heterocycles. The van der Waals surface area contributed by atoms with Crippen molar-refractivity contribution in [1.82, 2.24) is 0 Å². The summed E-state index contributed by atoms with van der Waals surface area (Å²) in [6, 6.07) is 0. The van der Waals surface area contributed by atoms with Gasteiger partial charge in [0.15, 0.2) is 0 Å². The van der Waals surface area contributed by atoms with E-state index in [9.17, 15) is 0 Å². The molecule has 52 valence electrons. The van der Waals surface area contributed by atoms with Crippen molar-refractivity contribution < 1.29 is 0 Å². The number of rotatable bonds is 0. The Morgan fingerprint density at radius 1 is 0.500 bits per heavy atom. The Kier molecular flexibility index (Phi) is 12.0. The number of hydrogen-bond acceptors (Lipinski definition) is 0. The molecule has 0 aromatic carbocycles. The summed E-state index contributed by atoms with van der Waals surface area (Å²) in [6.45, 7) is 0. The van der Waals surface area contributed by atoms with Gasteiger partial charge in [-0.1, -0.05) is 0 Å². The summed E-state index contributed by atoms with van der Waals surface area (Å²) in [5.74, 6) is 0. The van der Waals surface area contributed by atoms with E-state index in [0.29, 0.717) is 0 Å². The van der Waals surface area contributed by atoms with Gasteiger partial charge in [0.25, 0.3) is 0 Å². The van der Waals surface area contributed by atoms with Crippen LogP contribution in [0, 0.1) is 0 Å². The Hall–Kier alpha value is 1.12. The van der Waals surface area contributed by atoms with Crippen LogP contribution in [0.4, 0.5) is 0 Å². The van der Waals surface area contributed by atoms with Crippen LogP contribution in [0.5, 0.6) is 0 Å². The molecule has 2 heteroatoms. The molecule has 0 unspecified atom stereocenters. The van der Waals surface area contributed by atoms with E-state index in [1.807, 2.05) is 0 Å². The molecule has 0 N–H and O–H groups in total. The van der Waals surface area contributed by atoms with Crippen molar-refractivity contribution in [3.8, 4) is 0 Å². The Balaban J connectivity index is 0. The summed E-state index contributed by atoms with van der Waals surface area (Å²) >= 11 is -0.375. The molecule has 0 aromatic rings. The monoisotopic (exact) mass is 240 g/mol. The average Bonchev–Trinajstić information content (AvgIpc) is 1.25. The van der Waals surface area contributed by atoms with Crippen LogP contribution in [0.15, 0.2) is 0 Å². The van der Waals surface area contributed by atoms with Crippen LogP contribution in [0.2, 0.25) is 34.3 Å². The van der Waals surface area contributed by atoms with Crippen LogP contribution in [-0.2, 0) is 0 Å². The molecule has 0 aliphatic heterocycles. The molecule has 0 aromatic heterocycles. The van der Waals surface area contributed by atoms with Gasteiger partial charge < -0.3 is 0 Å². The van der Waals surface area contributed by atoms with Gasteiger partial charge >= 0.3 is 63.6 Å². The van der Waals surface area contributed by atoms with E-state index in [4.69, 9.17) is 0 Å². The topological polar surface area (TPSA) is 0 Å². The summed E-state index contributed by atoms with van der Waals surface area (Å²) in [7, 11) is 0. The van der Waals surface area contributed by atoms with E-state index in [0.717, 1.165) is 0 Å². The standard InChI is InChI=1S/2C3H9As/c2*1-4(2)3/h2*1-3H3.